The van der Waals surface area contributed by atoms with Crippen LogP contribution in [0.3, 0.4) is 0 Å². The van der Waals surface area contributed by atoms with Gasteiger partial charge in [-0.2, -0.15) is 0 Å². The number of nitrogens with two attached hydrogens (primary N) is 1. The maximum absolute atomic E-state index is 11.6. The van der Waals surface area contributed by atoms with Crippen LogP contribution in [0.25, 0.3) is 0 Å². The summed E-state index contributed by atoms with van der Waals surface area (Å²) in [4.78, 5) is 18.0. The summed E-state index contributed by atoms with van der Waals surface area (Å²) in [6, 6.07) is 7.21. The first-order valence-corrected chi connectivity index (χ1v) is 4.74. The number of ether oxygens (including phenoxy) is 1. The first-order chi connectivity index (χ1) is 7.66. The highest BCUT2D eigenvalue weighted by Gasteiger charge is 2.14. The Morgan fingerprint density at radius 3 is 2.94 bits per heavy atom. The summed E-state index contributed by atoms with van der Waals surface area (Å²) in [6.45, 7) is 1.92. The van der Waals surface area contributed by atoms with Crippen molar-refractivity contribution in [1.82, 2.24) is 9.97 Å². The molecule has 3 N–H and O–H groups in total. The molecule has 0 aliphatic carbocycles. The fraction of sp³-hybridized carbons (Fsp3) is 0.0909. The smallest absolute Gasteiger partial charge is 0.364 e. The normalized spacial score (nSPS) is 10.1. The van der Waals surface area contributed by atoms with Crippen molar-refractivity contribution in [2.24, 2.45) is 0 Å². The summed E-state index contributed by atoms with van der Waals surface area (Å²) < 4.78 is 5.13. The van der Waals surface area contributed by atoms with Gasteiger partial charge in [0, 0.05) is 0 Å². The van der Waals surface area contributed by atoms with Gasteiger partial charge in [-0.05, 0) is 24.6 Å². The van der Waals surface area contributed by atoms with Gasteiger partial charge < -0.3 is 15.5 Å². The summed E-state index contributed by atoms with van der Waals surface area (Å²) in [5.74, 6) is 0.0808. The van der Waals surface area contributed by atoms with Gasteiger partial charge in [-0.25, -0.2) is 9.78 Å². The zero-order valence-electron chi connectivity index (χ0n) is 8.73. The minimum absolute atomic E-state index is 0.137. The average Bonchev–Trinajstić information content (AvgIpc) is 2.64. The standard InChI is InChI=1S/C11H11N3O2/c1-7-3-2-4-8(5-7)16-11(15)9-10(12)14-6-13-9/h2-6H,12H2,1H3,(H,13,14). The van der Waals surface area contributed by atoms with Crippen molar-refractivity contribution in [2.75, 3.05) is 5.73 Å². The van der Waals surface area contributed by atoms with E-state index in [0.29, 0.717) is 5.75 Å². The number of nitrogen functional groups attached to an aromatic ring is 1. The number of esters is 1. The monoisotopic (exact) mass is 217 g/mol. The molecular formula is C11H11N3O2. The van der Waals surface area contributed by atoms with Crippen LogP contribution in [0.15, 0.2) is 30.6 Å². The number of benzene rings is 1. The molecule has 0 saturated heterocycles. The van der Waals surface area contributed by atoms with Crippen LogP contribution in [0.2, 0.25) is 0 Å². The fourth-order valence-electron chi connectivity index (χ4n) is 1.31. The predicted octanol–water partition coefficient (Wildman–Crippen LogP) is 1.52. The van der Waals surface area contributed by atoms with Gasteiger partial charge in [0.1, 0.15) is 5.75 Å². The summed E-state index contributed by atoms with van der Waals surface area (Å²) in [5.41, 5.74) is 6.67. The van der Waals surface area contributed by atoms with Crippen LogP contribution >= 0.6 is 0 Å². The van der Waals surface area contributed by atoms with E-state index >= 15 is 0 Å². The van der Waals surface area contributed by atoms with E-state index in [0.717, 1.165) is 5.56 Å². The molecule has 5 nitrogen and oxygen atoms in total. The molecule has 0 bridgehead atoms. The second kappa shape index (κ2) is 4.06. The number of aromatic nitrogens is 2. The highest BCUT2D eigenvalue weighted by molar-refractivity contribution is 5.93. The van der Waals surface area contributed by atoms with Gasteiger partial charge in [0.15, 0.2) is 11.5 Å². The lowest BCUT2D eigenvalue weighted by atomic mass is 10.2. The van der Waals surface area contributed by atoms with Crippen molar-refractivity contribution < 1.29 is 9.53 Å². The molecule has 2 aromatic rings. The summed E-state index contributed by atoms with van der Waals surface area (Å²) in [5, 5.41) is 0. The quantitative estimate of drug-likeness (QED) is 0.590. The molecule has 16 heavy (non-hydrogen) atoms. The van der Waals surface area contributed by atoms with E-state index in [1.807, 2.05) is 19.1 Å². The third kappa shape index (κ3) is 2.03. The Labute approximate surface area is 92.3 Å². The third-order valence-corrected chi connectivity index (χ3v) is 2.07. The Morgan fingerprint density at radius 1 is 1.50 bits per heavy atom. The number of hydrogen-bond donors (Lipinski definition) is 2. The molecule has 0 aliphatic heterocycles. The Morgan fingerprint density at radius 2 is 2.31 bits per heavy atom. The van der Waals surface area contributed by atoms with E-state index in [4.69, 9.17) is 10.5 Å². The highest BCUT2D eigenvalue weighted by Crippen LogP contribution is 2.15. The largest absolute Gasteiger partial charge is 0.422 e. The number of anilines is 1. The lowest BCUT2D eigenvalue weighted by molar-refractivity contribution is 0.0730. The van der Waals surface area contributed by atoms with Crippen molar-refractivity contribution >= 4 is 11.8 Å². The molecular weight excluding hydrogens is 206 g/mol. The Bertz CT molecular complexity index is 519. The highest BCUT2D eigenvalue weighted by atomic mass is 16.5. The van der Waals surface area contributed by atoms with E-state index in [2.05, 4.69) is 9.97 Å². The SMILES string of the molecule is Cc1cccc(OC(=O)c2[nH]cnc2N)c1. The molecule has 82 valence electrons. The van der Waals surface area contributed by atoms with Gasteiger partial charge in [0.25, 0.3) is 0 Å². The lowest BCUT2D eigenvalue weighted by Gasteiger charge is -2.03. The Balaban J connectivity index is 2.17. The Hall–Kier alpha value is -2.30. The number of aromatic amines is 1. The average molecular weight is 217 g/mol. The molecule has 0 atom stereocenters. The van der Waals surface area contributed by atoms with Gasteiger partial charge in [-0.1, -0.05) is 12.1 Å². The number of H-pyrrole nitrogens is 1. The van der Waals surface area contributed by atoms with Crippen LogP contribution in [0.1, 0.15) is 16.1 Å². The molecule has 0 fully saturated rings. The molecule has 1 aromatic heterocycles. The molecule has 2 rings (SSSR count). The van der Waals surface area contributed by atoms with E-state index in [-0.39, 0.29) is 11.5 Å². The molecule has 0 saturated carbocycles. The van der Waals surface area contributed by atoms with E-state index in [1.165, 1.54) is 6.33 Å². The minimum atomic E-state index is -0.541. The second-order valence-corrected chi connectivity index (χ2v) is 3.37. The second-order valence-electron chi connectivity index (χ2n) is 3.37. The van der Waals surface area contributed by atoms with E-state index in [1.54, 1.807) is 12.1 Å². The predicted molar refractivity (Wildman–Crippen MR) is 59.1 cm³/mol. The maximum atomic E-state index is 11.6. The van der Waals surface area contributed by atoms with Crippen LogP contribution in [0.5, 0.6) is 5.75 Å². The maximum Gasteiger partial charge on any atom is 0.364 e. The van der Waals surface area contributed by atoms with E-state index in [9.17, 15) is 4.79 Å². The summed E-state index contributed by atoms with van der Waals surface area (Å²) in [6.07, 6.45) is 1.35. The molecule has 1 heterocycles. The third-order valence-electron chi connectivity index (χ3n) is 2.07. The van der Waals surface area contributed by atoms with Gasteiger partial charge in [0.2, 0.25) is 0 Å². The van der Waals surface area contributed by atoms with Crippen LogP contribution < -0.4 is 10.5 Å². The zero-order valence-corrected chi connectivity index (χ0v) is 8.73. The zero-order chi connectivity index (χ0) is 11.5. The van der Waals surface area contributed by atoms with Gasteiger partial charge in [-0.15, -0.1) is 0 Å². The van der Waals surface area contributed by atoms with Crippen molar-refractivity contribution in [3.63, 3.8) is 0 Å². The van der Waals surface area contributed by atoms with Crippen LogP contribution in [0, 0.1) is 6.92 Å². The minimum Gasteiger partial charge on any atom is -0.422 e. The first kappa shape index (κ1) is 10.2. The van der Waals surface area contributed by atoms with Gasteiger partial charge >= 0.3 is 5.97 Å². The summed E-state index contributed by atoms with van der Waals surface area (Å²) in [7, 11) is 0. The number of imidazole rings is 1. The molecule has 0 amide bonds. The molecule has 1 aromatic carbocycles. The van der Waals surface area contributed by atoms with Crippen molar-refractivity contribution in [3.05, 3.63) is 41.9 Å². The van der Waals surface area contributed by atoms with Crippen molar-refractivity contribution in [3.8, 4) is 5.75 Å². The number of rotatable bonds is 2. The first-order valence-electron chi connectivity index (χ1n) is 4.74. The van der Waals surface area contributed by atoms with Crippen LogP contribution in [-0.4, -0.2) is 15.9 Å². The van der Waals surface area contributed by atoms with Gasteiger partial charge in [0.05, 0.1) is 6.33 Å². The topological polar surface area (TPSA) is 81.0 Å². The van der Waals surface area contributed by atoms with Crippen molar-refractivity contribution in [1.29, 1.82) is 0 Å². The number of nitrogens with one attached hydrogen (secondary N) is 1. The Kier molecular flexibility index (Phi) is 2.59. The molecule has 0 aliphatic rings. The van der Waals surface area contributed by atoms with E-state index < -0.39 is 5.97 Å². The van der Waals surface area contributed by atoms with Gasteiger partial charge in [-0.3, -0.25) is 0 Å². The van der Waals surface area contributed by atoms with Crippen molar-refractivity contribution in [2.45, 2.75) is 6.92 Å². The summed E-state index contributed by atoms with van der Waals surface area (Å²) >= 11 is 0. The number of carbonyl (C=O) groups excluding carboxylic acids is 1. The van der Waals surface area contributed by atoms with Crippen LogP contribution in [-0.2, 0) is 0 Å². The lowest BCUT2D eigenvalue weighted by Crippen LogP contribution is -2.11. The van der Waals surface area contributed by atoms with Crippen LogP contribution in [0.4, 0.5) is 5.82 Å². The molecule has 0 unspecified atom stereocenters. The molecule has 0 radical (unpaired) electrons. The number of carbonyl (C=O) groups is 1. The molecule has 0 spiro atoms. The number of nitrogens with zero attached hydrogens (tertiary/aromatic N) is 1. The number of aryl methyl sites for hydroxylation is 1. The fourth-order valence-corrected chi connectivity index (χ4v) is 1.31. The number of hydrogen-bond acceptors (Lipinski definition) is 4. The molecule has 5 heteroatoms.